The topological polar surface area (TPSA) is 42.0 Å². The summed E-state index contributed by atoms with van der Waals surface area (Å²) in [5, 5.41) is 2.98. The number of hydrogen-bond acceptors (Lipinski definition) is 2. The van der Waals surface area contributed by atoms with E-state index in [4.69, 9.17) is 0 Å². The highest BCUT2D eigenvalue weighted by molar-refractivity contribution is 6.04. The summed E-state index contributed by atoms with van der Waals surface area (Å²) in [5.74, 6) is -0.0499. The van der Waals surface area contributed by atoms with E-state index in [9.17, 15) is 4.79 Å². The van der Waals surface area contributed by atoms with Crippen molar-refractivity contribution in [1.82, 2.24) is 4.98 Å². The van der Waals surface area contributed by atoms with Gasteiger partial charge in [-0.05, 0) is 47.7 Å². The highest BCUT2D eigenvalue weighted by Crippen LogP contribution is 2.73. The van der Waals surface area contributed by atoms with Gasteiger partial charge in [-0.15, -0.1) is 0 Å². The lowest BCUT2D eigenvalue weighted by atomic mass is 9.32. The minimum atomic E-state index is -0.0499. The van der Waals surface area contributed by atoms with Crippen molar-refractivity contribution in [3.05, 3.63) is 89.2 Å². The van der Waals surface area contributed by atoms with Crippen LogP contribution in [0, 0.1) is 13.1 Å². The van der Waals surface area contributed by atoms with E-state index in [1.165, 1.54) is 16.8 Å². The van der Waals surface area contributed by atoms with Gasteiger partial charge in [0.25, 0.3) is 5.91 Å². The van der Waals surface area contributed by atoms with Gasteiger partial charge in [-0.2, -0.15) is 5.69 Å². The Morgan fingerprint density at radius 3 is 2.62 bits per heavy atom. The quantitative estimate of drug-likeness (QED) is 0.709. The third-order valence-corrected chi connectivity index (χ3v) is 6.18. The average Bonchev–Trinajstić information content (AvgIpc) is 3.09. The molecule has 0 saturated heterocycles. The first-order valence-electron chi connectivity index (χ1n) is 9.08. The monoisotopic (exact) mass is 340 g/mol. The molecule has 0 unspecified atom stereocenters. The van der Waals surface area contributed by atoms with Crippen molar-refractivity contribution >= 4 is 11.6 Å². The molecule has 1 heterocycles. The Morgan fingerprint density at radius 1 is 1.15 bits per heavy atom. The van der Waals surface area contributed by atoms with Crippen molar-refractivity contribution in [2.24, 2.45) is 0 Å². The Hall–Kier alpha value is -2.81. The van der Waals surface area contributed by atoms with E-state index >= 15 is 0 Å². The van der Waals surface area contributed by atoms with Crippen LogP contribution in [0.5, 0.6) is 0 Å². The van der Waals surface area contributed by atoms with E-state index in [2.05, 4.69) is 41.6 Å². The maximum Gasteiger partial charge on any atom is 0.255 e. The molecule has 3 nitrogen and oxygen atoms in total. The fourth-order valence-corrected chi connectivity index (χ4v) is 4.96. The maximum atomic E-state index is 12.6. The second kappa shape index (κ2) is 5.34. The van der Waals surface area contributed by atoms with Crippen LogP contribution in [0.1, 0.15) is 46.4 Å². The third kappa shape index (κ3) is 2.16. The fourth-order valence-electron chi connectivity index (χ4n) is 4.96. The Bertz CT molecular complexity index is 953. The number of nitrogens with one attached hydrogen (secondary N) is 1. The number of nitrogens with zero attached hydrogens (tertiary/aromatic N) is 1. The van der Waals surface area contributed by atoms with E-state index < -0.39 is 0 Å². The van der Waals surface area contributed by atoms with Gasteiger partial charge in [-0.1, -0.05) is 48.9 Å². The Labute approximate surface area is 153 Å². The summed E-state index contributed by atoms with van der Waals surface area (Å²) >= 11 is 0. The summed E-state index contributed by atoms with van der Waals surface area (Å²) in [4.78, 5) is 17.0. The molecule has 3 heteroatoms. The van der Waals surface area contributed by atoms with Crippen LogP contribution in [0.25, 0.3) is 0 Å². The molecule has 130 valence electrons. The molecule has 0 aliphatic heterocycles. The number of anilines is 1. The van der Waals surface area contributed by atoms with Gasteiger partial charge in [0.1, 0.15) is 0 Å². The number of carbonyl (C=O) groups is 1. The number of amides is 1. The maximum absolute atomic E-state index is 12.6. The van der Waals surface area contributed by atoms with Crippen molar-refractivity contribution in [1.29, 1.82) is 0 Å². The van der Waals surface area contributed by atoms with Crippen molar-refractivity contribution in [2.75, 3.05) is 5.32 Å². The molecule has 6 rings (SSSR count). The van der Waals surface area contributed by atoms with Crippen LogP contribution in [-0.2, 0) is 10.8 Å². The average molecular weight is 340 g/mol. The van der Waals surface area contributed by atoms with Crippen molar-refractivity contribution in [2.45, 2.75) is 37.0 Å². The van der Waals surface area contributed by atoms with Crippen molar-refractivity contribution in [3.8, 4) is 0 Å². The van der Waals surface area contributed by atoms with Crippen LogP contribution >= 0.6 is 0 Å². The lowest BCUT2D eigenvalue weighted by Crippen LogP contribution is -2.67. The van der Waals surface area contributed by atoms with Crippen molar-refractivity contribution in [3.63, 3.8) is 0 Å². The molecule has 3 fully saturated rings. The molecule has 3 aliphatic rings. The van der Waals surface area contributed by atoms with Crippen LogP contribution in [0.15, 0.2) is 60.7 Å². The molecular formula is C23H20N2O-2. The molecule has 1 amide bonds. The fraction of sp³-hybridized carbons (Fsp3) is 0.261. The number of rotatable bonds is 4. The molecule has 0 spiro atoms. The lowest BCUT2D eigenvalue weighted by molar-refractivity contribution is -0.0723. The SMILES string of the molecule is Cc1ccc(C(=O)Nc2ccccc2)cc1C12CC([c-]3cc[c-]n3)(C1)C2. The molecule has 1 aromatic heterocycles. The minimum absolute atomic E-state index is 0.0499. The normalized spacial score (nSPS) is 25.9. The summed E-state index contributed by atoms with van der Waals surface area (Å²) in [6, 6.07) is 19.7. The van der Waals surface area contributed by atoms with E-state index in [1.807, 2.05) is 42.5 Å². The summed E-state index contributed by atoms with van der Waals surface area (Å²) in [6.45, 7) is 2.15. The zero-order valence-corrected chi connectivity index (χ0v) is 14.8. The summed E-state index contributed by atoms with van der Waals surface area (Å²) in [7, 11) is 0. The van der Waals surface area contributed by atoms with Crippen molar-refractivity contribution < 1.29 is 4.79 Å². The number of hydrogen-bond donors (Lipinski definition) is 1. The zero-order chi connectivity index (χ0) is 17.8. The lowest BCUT2D eigenvalue weighted by Gasteiger charge is -2.76. The second-order valence-corrected chi connectivity index (χ2v) is 7.90. The Kier molecular flexibility index (Phi) is 3.17. The molecule has 2 bridgehead atoms. The van der Waals surface area contributed by atoms with E-state index in [1.54, 1.807) is 0 Å². The molecule has 1 N–H and O–H groups in total. The smallest absolute Gasteiger partial charge is 0.255 e. The second-order valence-electron chi connectivity index (χ2n) is 7.90. The Balaban J connectivity index is 1.38. The largest absolute Gasteiger partial charge is 0.548 e. The highest BCUT2D eigenvalue weighted by Gasteiger charge is 2.65. The predicted molar refractivity (Wildman–Crippen MR) is 101 cm³/mol. The Morgan fingerprint density at radius 2 is 1.92 bits per heavy atom. The van der Waals surface area contributed by atoms with Gasteiger partial charge in [-0.3, -0.25) is 10.9 Å². The van der Waals surface area contributed by atoms with Crippen LogP contribution in [0.4, 0.5) is 5.69 Å². The van der Waals surface area contributed by atoms with Crippen LogP contribution in [0.3, 0.4) is 0 Å². The molecule has 3 aliphatic carbocycles. The molecule has 2 aromatic carbocycles. The van der Waals surface area contributed by atoms with E-state index in [0.29, 0.717) is 0 Å². The first kappa shape index (κ1) is 15.4. The van der Waals surface area contributed by atoms with Gasteiger partial charge in [0.05, 0.1) is 0 Å². The summed E-state index contributed by atoms with van der Waals surface area (Å²) in [5.41, 5.74) is 5.83. The number of para-hydroxylation sites is 1. The van der Waals surface area contributed by atoms with Crippen LogP contribution in [0.2, 0.25) is 0 Å². The van der Waals surface area contributed by atoms with Crippen LogP contribution in [-0.4, -0.2) is 10.9 Å². The van der Waals surface area contributed by atoms with Gasteiger partial charge in [0, 0.05) is 11.3 Å². The van der Waals surface area contributed by atoms with Gasteiger partial charge in [0.2, 0.25) is 0 Å². The van der Waals surface area contributed by atoms with Gasteiger partial charge >= 0.3 is 0 Å². The molecule has 26 heavy (non-hydrogen) atoms. The van der Waals surface area contributed by atoms with E-state index in [-0.39, 0.29) is 16.7 Å². The first-order chi connectivity index (χ1) is 12.6. The number of carbonyl (C=O) groups excluding carboxylic acids is 1. The highest BCUT2D eigenvalue weighted by atomic mass is 16.1. The van der Waals surface area contributed by atoms with Gasteiger partial charge in [-0.25, -0.2) is 0 Å². The summed E-state index contributed by atoms with van der Waals surface area (Å²) < 4.78 is 0. The molecular weight excluding hydrogens is 320 g/mol. The predicted octanol–water partition coefficient (Wildman–Crippen LogP) is 4.53. The molecule has 3 aromatic rings. The van der Waals surface area contributed by atoms with Gasteiger partial charge in [0.15, 0.2) is 0 Å². The minimum Gasteiger partial charge on any atom is -0.548 e. The third-order valence-electron chi connectivity index (χ3n) is 6.18. The number of aryl methyl sites for hydroxylation is 1. The number of aromatic nitrogens is 1. The first-order valence-corrected chi connectivity index (χ1v) is 9.08. The summed E-state index contributed by atoms with van der Waals surface area (Å²) in [6.07, 6.45) is 6.34. The van der Waals surface area contributed by atoms with Crippen LogP contribution < -0.4 is 5.32 Å². The molecule has 0 radical (unpaired) electrons. The van der Waals surface area contributed by atoms with E-state index in [0.717, 1.165) is 30.5 Å². The van der Waals surface area contributed by atoms with Gasteiger partial charge < -0.3 is 22.6 Å². The zero-order valence-electron chi connectivity index (χ0n) is 14.8. The molecule has 0 atom stereocenters. The molecule has 3 saturated carbocycles. The number of benzene rings is 2. The standard InChI is InChI=1S/C23H20N2O/c1-16-9-10-17(21(26)25-18-6-3-2-4-7-18)12-19(16)22-13-23(14-22,15-22)20-8-5-11-24-20/h2-10,12H,13-15H2,1H3,(H,25,26)/q-2.